The summed E-state index contributed by atoms with van der Waals surface area (Å²) in [6, 6.07) is 4.19. The summed E-state index contributed by atoms with van der Waals surface area (Å²) in [5, 5.41) is 18.6. The van der Waals surface area contributed by atoms with Crippen LogP contribution < -0.4 is 20.7 Å². The molecule has 10 nitrogen and oxygen atoms in total. The number of hydrogen-bond acceptors (Lipinski definition) is 5. The van der Waals surface area contributed by atoms with Crippen molar-refractivity contribution in [1.82, 2.24) is 20.4 Å². The topological polar surface area (TPSA) is 123 Å². The monoisotopic (exact) mass is 517 g/mol. The van der Waals surface area contributed by atoms with Crippen molar-refractivity contribution in [2.24, 2.45) is 5.92 Å². The fourth-order valence-electron chi connectivity index (χ4n) is 4.86. The van der Waals surface area contributed by atoms with Crippen LogP contribution in [0, 0.1) is 5.92 Å². The number of carbonyl (C=O) groups is 3. The molecular formula is C27H43N5O5. The fraction of sp³-hybridized carbons (Fsp3) is 0.667. The van der Waals surface area contributed by atoms with Gasteiger partial charge in [-0.15, -0.1) is 0 Å². The molecule has 0 saturated heterocycles. The van der Waals surface area contributed by atoms with Gasteiger partial charge in [0.1, 0.15) is 6.10 Å². The van der Waals surface area contributed by atoms with Gasteiger partial charge in [0.25, 0.3) is 5.91 Å². The van der Waals surface area contributed by atoms with Crippen LogP contribution in [0.5, 0.6) is 5.75 Å². The average molecular weight is 518 g/mol. The maximum atomic E-state index is 13.5. The van der Waals surface area contributed by atoms with E-state index in [0.717, 1.165) is 25.7 Å². The van der Waals surface area contributed by atoms with Crippen molar-refractivity contribution < 1.29 is 24.2 Å². The minimum absolute atomic E-state index is 0.0712. The minimum Gasteiger partial charge on any atom is -0.485 e. The van der Waals surface area contributed by atoms with Gasteiger partial charge in [-0.2, -0.15) is 0 Å². The molecule has 1 aromatic carbocycles. The first-order chi connectivity index (χ1) is 17.6. The molecule has 3 atom stereocenters. The van der Waals surface area contributed by atoms with Crippen molar-refractivity contribution in [2.75, 3.05) is 32.1 Å². The van der Waals surface area contributed by atoms with Gasteiger partial charge in [-0.05, 0) is 45.7 Å². The highest BCUT2D eigenvalue weighted by atomic mass is 16.5. The van der Waals surface area contributed by atoms with Gasteiger partial charge in [0.15, 0.2) is 5.75 Å². The summed E-state index contributed by atoms with van der Waals surface area (Å²) in [6.07, 6.45) is 4.99. The molecule has 10 heteroatoms. The van der Waals surface area contributed by atoms with Crippen molar-refractivity contribution >= 4 is 23.7 Å². The number of carbonyl (C=O) groups excluding carboxylic acids is 3. The zero-order valence-corrected chi connectivity index (χ0v) is 22.8. The standard InChI is InChI=1S/C27H43N5O5/c1-17(2)28-26(35)30-22-13-9-12-21-24(22)37-23(18(3)14-32(25(21)34)19(4)16-33)15-31(5)27(36)29-20-10-7-6-8-11-20/h9,12-13,17-20,23,33H,6-8,10-11,14-16H2,1-5H3,(H,29,36)(H2,28,30,35)/t18-,19-,23-/m0/s1. The van der Waals surface area contributed by atoms with Crippen LogP contribution in [0.1, 0.15) is 70.2 Å². The number of fused-ring (bicyclic) bond motifs is 1. The van der Waals surface area contributed by atoms with Gasteiger partial charge >= 0.3 is 12.1 Å². The van der Waals surface area contributed by atoms with E-state index >= 15 is 0 Å². The van der Waals surface area contributed by atoms with E-state index in [1.165, 1.54) is 6.42 Å². The Morgan fingerprint density at radius 2 is 1.89 bits per heavy atom. The lowest BCUT2D eigenvalue weighted by Crippen LogP contribution is -2.52. The Balaban J connectivity index is 1.89. The van der Waals surface area contributed by atoms with Gasteiger partial charge in [-0.1, -0.05) is 32.3 Å². The van der Waals surface area contributed by atoms with E-state index < -0.39 is 18.2 Å². The number of aliphatic hydroxyl groups is 1. The van der Waals surface area contributed by atoms with Gasteiger partial charge in [0.2, 0.25) is 0 Å². The van der Waals surface area contributed by atoms with E-state index in [9.17, 15) is 19.5 Å². The van der Waals surface area contributed by atoms with Gasteiger partial charge in [-0.3, -0.25) is 4.79 Å². The van der Waals surface area contributed by atoms with Crippen molar-refractivity contribution in [1.29, 1.82) is 0 Å². The van der Waals surface area contributed by atoms with Crippen molar-refractivity contribution in [3.8, 4) is 5.75 Å². The third-order valence-corrected chi connectivity index (χ3v) is 7.09. The number of ether oxygens (including phenoxy) is 1. The van der Waals surface area contributed by atoms with Crippen molar-refractivity contribution in [3.05, 3.63) is 23.8 Å². The summed E-state index contributed by atoms with van der Waals surface area (Å²) in [5.74, 6) is -0.175. The largest absolute Gasteiger partial charge is 0.485 e. The number of likely N-dealkylation sites (N-methyl/N-ethyl adjacent to an activating group) is 1. The van der Waals surface area contributed by atoms with Gasteiger partial charge in [0.05, 0.1) is 30.4 Å². The number of aliphatic hydroxyl groups excluding tert-OH is 1. The lowest BCUT2D eigenvalue weighted by molar-refractivity contribution is 0.0368. The number of anilines is 1. The number of para-hydroxylation sites is 1. The van der Waals surface area contributed by atoms with E-state index in [2.05, 4.69) is 16.0 Å². The molecule has 5 amide bonds. The lowest BCUT2D eigenvalue weighted by atomic mass is 9.96. The van der Waals surface area contributed by atoms with Crippen LogP contribution >= 0.6 is 0 Å². The number of benzene rings is 1. The summed E-state index contributed by atoms with van der Waals surface area (Å²) >= 11 is 0. The Labute approximate surface area is 220 Å². The first kappa shape index (κ1) is 28.6. The molecule has 37 heavy (non-hydrogen) atoms. The lowest BCUT2D eigenvalue weighted by Gasteiger charge is -2.38. The Hall–Kier alpha value is -3.01. The Morgan fingerprint density at radius 1 is 1.19 bits per heavy atom. The molecule has 206 valence electrons. The fourth-order valence-corrected chi connectivity index (χ4v) is 4.86. The molecule has 1 heterocycles. The number of amides is 5. The average Bonchev–Trinajstić information content (AvgIpc) is 2.86. The van der Waals surface area contributed by atoms with Gasteiger partial charge in [-0.25, -0.2) is 9.59 Å². The molecule has 0 spiro atoms. The summed E-state index contributed by atoms with van der Waals surface area (Å²) in [7, 11) is 1.74. The zero-order valence-electron chi connectivity index (χ0n) is 22.8. The molecule has 0 unspecified atom stereocenters. The van der Waals surface area contributed by atoms with Crippen molar-refractivity contribution in [3.63, 3.8) is 0 Å². The predicted molar refractivity (Wildman–Crippen MR) is 143 cm³/mol. The third kappa shape index (κ3) is 7.50. The number of rotatable bonds is 7. The Morgan fingerprint density at radius 3 is 2.54 bits per heavy atom. The van der Waals surface area contributed by atoms with Crippen LogP contribution in [0.15, 0.2) is 18.2 Å². The second-order valence-corrected chi connectivity index (χ2v) is 10.7. The third-order valence-electron chi connectivity index (χ3n) is 7.09. The Kier molecular flexibility index (Phi) is 10.0. The van der Waals surface area contributed by atoms with Gasteiger partial charge < -0.3 is 35.6 Å². The quantitative estimate of drug-likeness (QED) is 0.441. The second kappa shape index (κ2) is 13.0. The van der Waals surface area contributed by atoms with Crippen molar-refractivity contribution in [2.45, 2.75) is 84.0 Å². The first-order valence-corrected chi connectivity index (χ1v) is 13.4. The number of hydrogen-bond donors (Lipinski definition) is 4. The van der Waals surface area contributed by atoms with Gasteiger partial charge in [0, 0.05) is 31.6 Å². The molecule has 0 bridgehead atoms. The predicted octanol–water partition coefficient (Wildman–Crippen LogP) is 3.41. The molecule has 1 fully saturated rings. The van der Waals surface area contributed by atoms with E-state index in [-0.39, 0.29) is 42.3 Å². The highest BCUT2D eigenvalue weighted by molar-refractivity contribution is 6.01. The van der Waals surface area contributed by atoms with E-state index in [0.29, 0.717) is 24.3 Å². The number of urea groups is 2. The maximum Gasteiger partial charge on any atom is 0.319 e. The summed E-state index contributed by atoms with van der Waals surface area (Å²) in [6.45, 7) is 7.94. The highest BCUT2D eigenvalue weighted by Gasteiger charge is 2.35. The van der Waals surface area contributed by atoms with Crippen LogP contribution in [0.2, 0.25) is 0 Å². The van der Waals surface area contributed by atoms with Crippen LogP contribution in [0.4, 0.5) is 15.3 Å². The van der Waals surface area contributed by atoms with E-state index in [1.807, 2.05) is 20.8 Å². The number of nitrogens with zero attached hydrogens (tertiary/aromatic N) is 2. The summed E-state index contributed by atoms with van der Waals surface area (Å²) in [5.41, 5.74) is 0.669. The summed E-state index contributed by atoms with van der Waals surface area (Å²) in [4.78, 5) is 42.3. The van der Waals surface area contributed by atoms with Crippen LogP contribution in [0.3, 0.4) is 0 Å². The second-order valence-electron chi connectivity index (χ2n) is 10.7. The molecule has 0 aromatic heterocycles. The highest BCUT2D eigenvalue weighted by Crippen LogP contribution is 2.35. The number of nitrogens with one attached hydrogen (secondary N) is 3. The van der Waals surface area contributed by atoms with E-state index in [4.69, 9.17) is 4.74 Å². The van der Waals surface area contributed by atoms with E-state index in [1.54, 1.807) is 42.0 Å². The molecule has 1 aliphatic carbocycles. The molecule has 0 radical (unpaired) electrons. The van der Waals surface area contributed by atoms with Crippen LogP contribution in [0.25, 0.3) is 0 Å². The van der Waals surface area contributed by atoms with Crippen LogP contribution in [-0.4, -0.2) is 83.8 Å². The SMILES string of the molecule is CC(C)NC(=O)Nc1cccc2c1O[C@@H](CN(C)C(=O)NC1CCCCC1)[C@@H](C)CN([C@@H](C)CO)C2=O. The molecular weight excluding hydrogens is 474 g/mol. The molecule has 2 aliphatic rings. The smallest absolute Gasteiger partial charge is 0.319 e. The normalized spacial score (nSPS) is 21.3. The molecule has 1 saturated carbocycles. The Bertz CT molecular complexity index is 949. The molecule has 3 rings (SSSR count). The zero-order chi connectivity index (χ0) is 27.1. The molecule has 4 N–H and O–H groups in total. The first-order valence-electron chi connectivity index (χ1n) is 13.4. The molecule has 1 aromatic rings. The molecule has 1 aliphatic heterocycles. The summed E-state index contributed by atoms with van der Waals surface area (Å²) < 4.78 is 6.45. The maximum absolute atomic E-state index is 13.5. The minimum atomic E-state index is -0.460. The van der Waals surface area contributed by atoms with Crippen LogP contribution in [-0.2, 0) is 0 Å².